The van der Waals surface area contributed by atoms with Gasteiger partial charge in [-0.05, 0) is 67.9 Å². The summed E-state index contributed by atoms with van der Waals surface area (Å²) in [5.74, 6) is 2.95. The molecule has 0 spiro atoms. The van der Waals surface area contributed by atoms with Gasteiger partial charge < -0.3 is 4.74 Å². The first kappa shape index (κ1) is 21.5. The zero-order valence-electron chi connectivity index (χ0n) is 18.8. The molecule has 32 heavy (non-hydrogen) atoms. The molecule has 168 valence electrons. The minimum atomic E-state index is 0.00296. The van der Waals surface area contributed by atoms with E-state index in [1.807, 2.05) is 24.3 Å². The highest BCUT2D eigenvalue weighted by atomic mass is 32.2. The van der Waals surface area contributed by atoms with Crippen molar-refractivity contribution >= 4 is 39.1 Å². The molecule has 3 heterocycles. The summed E-state index contributed by atoms with van der Waals surface area (Å²) in [6.45, 7) is 4.47. The molecule has 0 radical (unpaired) electrons. The number of hydrogen-bond donors (Lipinski definition) is 0. The van der Waals surface area contributed by atoms with Crippen LogP contribution in [0.25, 0.3) is 21.7 Å². The number of aryl methyl sites for hydroxylation is 2. The van der Waals surface area contributed by atoms with Crippen molar-refractivity contribution in [2.45, 2.75) is 57.5 Å². The fourth-order valence-electron chi connectivity index (χ4n) is 4.34. The van der Waals surface area contributed by atoms with Crippen molar-refractivity contribution in [1.82, 2.24) is 19.2 Å². The molecule has 0 fully saturated rings. The van der Waals surface area contributed by atoms with Crippen molar-refractivity contribution in [1.29, 1.82) is 0 Å². The van der Waals surface area contributed by atoms with Crippen LogP contribution in [0.1, 0.15) is 50.0 Å². The van der Waals surface area contributed by atoms with Gasteiger partial charge in [-0.3, -0.25) is 4.79 Å². The summed E-state index contributed by atoms with van der Waals surface area (Å²) in [4.78, 5) is 16.3. The van der Waals surface area contributed by atoms with Gasteiger partial charge in [-0.2, -0.15) is 0 Å². The largest absolute Gasteiger partial charge is 0.497 e. The normalized spacial score (nSPS) is 14.2. The summed E-state index contributed by atoms with van der Waals surface area (Å²) >= 11 is 3.49. The highest BCUT2D eigenvalue weighted by Gasteiger charge is 2.25. The van der Waals surface area contributed by atoms with Gasteiger partial charge in [0.15, 0.2) is 5.16 Å². The number of aromatic nitrogens is 4. The zero-order chi connectivity index (χ0) is 22.2. The van der Waals surface area contributed by atoms with E-state index in [1.54, 1.807) is 34.8 Å². The number of methoxy groups -OCH3 is 1. The van der Waals surface area contributed by atoms with Gasteiger partial charge in [-0.15, -0.1) is 21.5 Å². The van der Waals surface area contributed by atoms with Gasteiger partial charge in [0.1, 0.15) is 10.6 Å². The molecule has 0 aliphatic heterocycles. The molecule has 0 bridgehead atoms. The summed E-state index contributed by atoms with van der Waals surface area (Å²) in [6, 6.07) is 7.59. The van der Waals surface area contributed by atoms with Crippen molar-refractivity contribution in [3.05, 3.63) is 45.1 Å². The highest BCUT2D eigenvalue weighted by Crippen LogP contribution is 2.36. The fourth-order valence-corrected chi connectivity index (χ4v) is 6.95. The Hall–Kier alpha value is -2.32. The van der Waals surface area contributed by atoms with E-state index in [-0.39, 0.29) is 5.56 Å². The molecule has 0 atom stereocenters. The molecule has 3 aromatic heterocycles. The van der Waals surface area contributed by atoms with E-state index < -0.39 is 0 Å². The van der Waals surface area contributed by atoms with Crippen LogP contribution in [0.2, 0.25) is 0 Å². The molecular formula is C24H28N4O2S2. The smallest absolute Gasteiger partial charge is 0.268 e. The Balaban J connectivity index is 1.77. The Kier molecular flexibility index (Phi) is 5.99. The van der Waals surface area contributed by atoms with Crippen molar-refractivity contribution in [2.24, 2.45) is 5.92 Å². The van der Waals surface area contributed by atoms with Gasteiger partial charge in [0, 0.05) is 10.6 Å². The number of nitrogens with zero attached hydrogens (tertiary/aromatic N) is 4. The first-order valence-corrected chi connectivity index (χ1v) is 13.1. The minimum Gasteiger partial charge on any atom is -0.497 e. The number of thiophene rings is 1. The Labute approximate surface area is 195 Å². The molecule has 4 aromatic rings. The molecule has 0 unspecified atom stereocenters. The van der Waals surface area contributed by atoms with Crippen LogP contribution in [0.15, 0.2) is 34.2 Å². The quantitative estimate of drug-likeness (QED) is 0.276. The fraction of sp³-hybridized carbons (Fsp3) is 0.458. The van der Waals surface area contributed by atoms with Crippen LogP contribution in [0.3, 0.4) is 0 Å². The second kappa shape index (κ2) is 8.90. The third kappa shape index (κ3) is 3.73. The average Bonchev–Trinajstić information content (AvgIpc) is 3.28. The standard InChI is InChI=1S/C24H28N4O2S2/c1-15(2)13-14-31-24-26-25-23-27(16-9-11-17(30-3)12-10-16)21(29)20-18-7-5-4-6-8-19(18)32-22(20)28(23)24/h9-12,15H,4-8,13-14H2,1-3H3. The van der Waals surface area contributed by atoms with Crippen molar-refractivity contribution < 1.29 is 4.74 Å². The predicted octanol–water partition coefficient (Wildman–Crippen LogP) is 5.51. The summed E-state index contributed by atoms with van der Waals surface area (Å²) in [6.07, 6.45) is 6.68. The van der Waals surface area contributed by atoms with Crippen molar-refractivity contribution in [3.8, 4) is 11.4 Å². The lowest BCUT2D eigenvalue weighted by molar-refractivity contribution is 0.414. The SMILES string of the molecule is COc1ccc(-n2c(=O)c3c4c(sc3n3c(SCCC(C)C)nnc23)CCCCC4)cc1. The minimum absolute atomic E-state index is 0.00296. The maximum atomic E-state index is 13.9. The zero-order valence-corrected chi connectivity index (χ0v) is 20.4. The molecule has 0 saturated heterocycles. The molecule has 8 heteroatoms. The lowest BCUT2D eigenvalue weighted by Crippen LogP contribution is -2.22. The first-order chi connectivity index (χ1) is 15.6. The molecule has 6 nitrogen and oxygen atoms in total. The number of benzene rings is 1. The van der Waals surface area contributed by atoms with E-state index >= 15 is 0 Å². The van der Waals surface area contributed by atoms with Gasteiger partial charge in [0.05, 0.1) is 18.2 Å². The van der Waals surface area contributed by atoms with E-state index in [0.29, 0.717) is 11.7 Å². The van der Waals surface area contributed by atoms with E-state index in [4.69, 9.17) is 4.74 Å². The molecule has 0 saturated carbocycles. The predicted molar refractivity (Wildman–Crippen MR) is 132 cm³/mol. The summed E-state index contributed by atoms with van der Waals surface area (Å²) in [7, 11) is 1.64. The van der Waals surface area contributed by atoms with Gasteiger partial charge in [-0.25, -0.2) is 8.97 Å². The van der Waals surface area contributed by atoms with Crippen LogP contribution in [-0.2, 0) is 12.8 Å². The van der Waals surface area contributed by atoms with E-state index in [1.165, 1.54) is 23.3 Å². The summed E-state index contributed by atoms with van der Waals surface area (Å²) in [5.41, 5.74) is 2.02. The number of fused-ring (bicyclic) bond motifs is 5. The van der Waals surface area contributed by atoms with Crippen LogP contribution >= 0.6 is 23.1 Å². The lowest BCUT2D eigenvalue weighted by Gasteiger charge is -2.11. The van der Waals surface area contributed by atoms with Gasteiger partial charge in [-0.1, -0.05) is 32.0 Å². The Bertz CT molecular complexity index is 1320. The molecule has 1 aliphatic rings. The maximum absolute atomic E-state index is 13.9. The van der Waals surface area contributed by atoms with Gasteiger partial charge in [0.2, 0.25) is 5.78 Å². The van der Waals surface area contributed by atoms with Crippen LogP contribution in [0.5, 0.6) is 5.75 Å². The molecular weight excluding hydrogens is 440 g/mol. The first-order valence-electron chi connectivity index (χ1n) is 11.3. The van der Waals surface area contributed by atoms with Crippen molar-refractivity contribution in [2.75, 3.05) is 12.9 Å². The second-order valence-corrected chi connectivity index (χ2v) is 10.9. The molecule has 1 aliphatic carbocycles. The van der Waals surface area contributed by atoms with Gasteiger partial charge in [0.25, 0.3) is 5.56 Å². The Morgan fingerprint density at radius 3 is 2.66 bits per heavy atom. The number of rotatable bonds is 6. The summed E-state index contributed by atoms with van der Waals surface area (Å²) in [5, 5.41) is 10.7. The molecule has 0 amide bonds. The third-order valence-electron chi connectivity index (χ3n) is 6.10. The summed E-state index contributed by atoms with van der Waals surface area (Å²) < 4.78 is 9.15. The Morgan fingerprint density at radius 1 is 1.12 bits per heavy atom. The number of thioether (sulfide) groups is 1. The topological polar surface area (TPSA) is 61.4 Å². The van der Waals surface area contributed by atoms with Gasteiger partial charge >= 0.3 is 0 Å². The van der Waals surface area contributed by atoms with E-state index in [2.05, 4.69) is 28.4 Å². The van der Waals surface area contributed by atoms with Crippen LogP contribution < -0.4 is 10.3 Å². The van der Waals surface area contributed by atoms with E-state index in [9.17, 15) is 4.79 Å². The Morgan fingerprint density at radius 2 is 1.91 bits per heavy atom. The van der Waals surface area contributed by atoms with Crippen molar-refractivity contribution in [3.63, 3.8) is 0 Å². The monoisotopic (exact) mass is 468 g/mol. The van der Waals surface area contributed by atoms with E-state index in [0.717, 1.165) is 58.2 Å². The van der Waals surface area contributed by atoms with Crippen LogP contribution in [0, 0.1) is 5.92 Å². The number of ether oxygens (including phenoxy) is 1. The molecule has 5 rings (SSSR count). The highest BCUT2D eigenvalue weighted by molar-refractivity contribution is 7.99. The lowest BCUT2D eigenvalue weighted by atomic mass is 10.1. The van der Waals surface area contributed by atoms with Crippen LogP contribution in [-0.4, -0.2) is 32.0 Å². The average molecular weight is 469 g/mol. The third-order valence-corrected chi connectivity index (χ3v) is 8.34. The molecule has 0 N–H and O–H groups in total. The number of hydrogen-bond acceptors (Lipinski definition) is 6. The molecule has 1 aromatic carbocycles. The van der Waals surface area contributed by atoms with Crippen LogP contribution in [0.4, 0.5) is 0 Å². The second-order valence-electron chi connectivity index (χ2n) is 8.73. The maximum Gasteiger partial charge on any atom is 0.268 e.